The molecule has 2 saturated heterocycles. The van der Waals surface area contributed by atoms with Crippen molar-refractivity contribution in [1.82, 2.24) is 4.44 Å². The Morgan fingerprint density at radius 2 is 1.33 bits per heavy atom. The summed E-state index contributed by atoms with van der Waals surface area (Å²) in [4.78, 5) is 0. The van der Waals surface area contributed by atoms with Gasteiger partial charge in [-0.15, -0.1) is 0 Å². The molecule has 2 fully saturated rings. The topological polar surface area (TPSA) is 40.2 Å². The summed E-state index contributed by atoms with van der Waals surface area (Å²) in [5.74, 6) is 0. The van der Waals surface area contributed by atoms with E-state index in [9.17, 15) is 0 Å². The van der Waals surface area contributed by atoms with Crippen LogP contribution in [0.15, 0.2) is 0 Å². The minimum atomic E-state index is -3.02. The van der Waals surface area contributed by atoms with Crippen LogP contribution < -0.4 is 0 Å². The average Bonchev–Trinajstić information content (AvgIpc) is 2.46. The zero-order chi connectivity index (χ0) is 18.2. The molecule has 0 aromatic rings. The maximum atomic E-state index is 6.29. The Labute approximate surface area is 152 Å². The van der Waals surface area contributed by atoms with Crippen LogP contribution in [-0.4, -0.2) is 43.6 Å². The third-order valence-electron chi connectivity index (χ3n) is 4.25. The summed E-state index contributed by atoms with van der Waals surface area (Å²) in [6, 6.07) is 0.119. The van der Waals surface area contributed by atoms with E-state index in [1.165, 1.54) is 0 Å². The molecule has 0 aromatic heterocycles. The number of nitrogens with zero attached hydrogens (tertiary/aromatic N) is 1. The first-order valence-corrected chi connectivity index (χ1v) is 12.8. The van der Waals surface area contributed by atoms with Crippen LogP contribution in [0.5, 0.6) is 0 Å². The fraction of sp³-hybridized carbons (Fsp3) is 0.875. The summed E-state index contributed by atoms with van der Waals surface area (Å²) < 4.78 is 27.3. The third-order valence-corrected chi connectivity index (χ3v) is 12.0. The van der Waals surface area contributed by atoms with Gasteiger partial charge in [0.25, 0.3) is 0 Å². The van der Waals surface area contributed by atoms with Crippen molar-refractivity contribution in [2.45, 2.75) is 47.6 Å². The van der Waals surface area contributed by atoms with E-state index in [0.717, 1.165) is 0 Å². The van der Waals surface area contributed by atoms with E-state index in [1.807, 2.05) is 0 Å². The Kier molecular flexibility index (Phi) is 6.30. The summed E-state index contributed by atoms with van der Waals surface area (Å²) in [5, 5.41) is 2.52. The Morgan fingerprint density at radius 1 is 0.917 bits per heavy atom. The second kappa shape index (κ2) is 7.26. The molecule has 2 aliphatic rings. The Bertz CT molecular complexity index is 510. The van der Waals surface area contributed by atoms with E-state index in [2.05, 4.69) is 63.7 Å². The van der Waals surface area contributed by atoms with Gasteiger partial charge >= 0.3 is 152 Å². The van der Waals surface area contributed by atoms with Crippen molar-refractivity contribution in [3.63, 3.8) is 0 Å². The molecular weight excluding hydrogens is 368 g/mol. The van der Waals surface area contributed by atoms with Gasteiger partial charge in [0.2, 0.25) is 0 Å². The van der Waals surface area contributed by atoms with Crippen molar-refractivity contribution in [1.29, 1.82) is 0 Å². The molecule has 142 valence electrons. The van der Waals surface area contributed by atoms with Crippen LogP contribution in [0.2, 0.25) is 0 Å². The van der Waals surface area contributed by atoms with Crippen LogP contribution in [0.4, 0.5) is 0 Å². The summed E-state index contributed by atoms with van der Waals surface area (Å²) >= 11 is 5.79. The SMILES string of the molecule is CC(C)N([PH]1(C)OCC(C)(C)CO1)[PH]1(C#CCl)OCC(C)(C)CO1. The molecule has 2 rings (SSSR count). The van der Waals surface area contributed by atoms with Gasteiger partial charge in [-0.25, -0.2) is 0 Å². The molecule has 0 aromatic carbocycles. The Hall–Kier alpha value is 0.510. The van der Waals surface area contributed by atoms with Gasteiger partial charge in [0.15, 0.2) is 0 Å². The fourth-order valence-electron chi connectivity index (χ4n) is 2.96. The van der Waals surface area contributed by atoms with E-state index in [1.54, 1.807) is 0 Å². The van der Waals surface area contributed by atoms with Gasteiger partial charge in [0, 0.05) is 0 Å². The molecule has 24 heavy (non-hydrogen) atoms. The predicted molar refractivity (Wildman–Crippen MR) is 105 cm³/mol. The Morgan fingerprint density at radius 3 is 1.71 bits per heavy atom. The molecule has 5 nitrogen and oxygen atoms in total. The molecule has 0 radical (unpaired) electrons. The molecule has 0 bridgehead atoms. The van der Waals surface area contributed by atoms with E-state index in [-0.39, 0.29) is 16.9 Å². The molecule has 0 spiro atoms. The molecule has 0 N–H and O–H groups in total. The molecule has 0 atom stereocenters. The molecule has 0 saturated carbocycles. The fourth-order valence-corrected chi connectivity index (χ4v) is 11.6. The van der Waals surface area contributed by atoms with Crippen LogP contribution in [-0.2, 0) is 18.1 Å². The van der Waals surface area contributed by atoms with Crippen molar-refractivity contribution >= 4 is 27.3 Å². The normalized spacial score (nSPS) is 30.2. The van der Waals surface area contributed by atoms with Crippen LogP contribution in [0, 0.1) is 21.9 Å². The van der Waals surface area contributed by atoms with Crippen LogP contribution in [0.3, 0.4) is 0 Å². The molecule has 0 amide bonds. The van der Waals surface area contributed by atoms with Crippen molar-refractivity contribution in [2.75, 3.05) is 33.1 Å². The number of halogens is 1. The van der Waals surface area contributed by atoms with Crippen molar-refractivity contribution in [2.24, 2.45) is 10.8 Å². The molecule has 2 heterocycles. The van der Waals surface area contributed by atoms with Gasteiger partial charge in [-0.2, -0.15) is 0 Å². The van der Waals surface area contributed by atoms with Crippen LogP contribution >= 0.6 is 27.3 Å². The average molecular weight is 400 g/mol. The monoisotopic (exact) mass is 399 g/mol. The van der Waals surface area contributed by atoms with Gasteiger partial charge < -0.3 is 0 Å². The quantitative estimate of drug-likeness (QED) is 0.511. The van der Waals surface area contributed by atoms with E-state index in [4.69, 9.17) is 29.7 Å². The first-order chi connectivity index (χ1) is 11.0. The second-order valence-corrected chi connectivity index (χ2v) is 14.6. The minimum absolute atomic E-state index is 0.0122. The van der Waals surface area contributed by atoms with Crippen LogP contribution in [0.25, 0.3) is 0 Å². The first kappa shape index (κ1) is 20.8. The third kappa shape index (κ3) is 4.43. The summed E-state index contributed by atoms with van der Waals surface area (Å²) in [6.07, 6.45) is 0. The zero-order valence-electron chi connectivity index (χ0n) is 15.9. The van der Waals surface area contributed by atoms with E-state index in [0.29, 0.717) is 26.4 Å². The molecule has 0 aliphatic carbocycles. The van der Waals surface area contributed by atoms with E-state index >= 15 is 0 Å². The van der Waals surface area contributed by atoms with E-state index < -0.39 is 15.7 Å². The number of hydrogen-bond acceptors (Lipinski definition) is 5. The second-order valence-electron chi connectivity index (χ2n) is 8.65. The van der Waals surface area contributed by atoms with Gasteiger partial charge in [-0.3, -0.25) is 0 Å². The van der Waals surface area contributed by atoms with Gasteiger partial charge in [-0.1, -0.05) is 0 Å². The molecule has 0 unspecified atom stereocenters. The van der Waals surface area contributed by atoms with Crippen molar-refractivity contribution in [3.05, 3.63) is 0 Å². The predicted octanol–water partition coefficient (Wildman–Crippen LogP) is 4.62. The van der Waals surface area contributed by atoms with Crippen molar-refractivity contribution < 1.29 is 18.1 Å². The number of hydrogen-bond donors (Lipinski definition) is 0. The maximum absolute atomic E-state index is 6.29. The molecule has 8 heteroatoms. The summed E-state index contributed by atoms with van der Waals surface area (Å²) in [6.45, 7) is 17.3. The molecular formula is C16H32ClNO4P2. The van der Waals surface area contributed by atoms with Crippen molar-refractivity contribution in [3.8, 4) is 11.0 Å². The molecule has 2 aliphatic heterocycles. The zero-order valence-corrected chi connectivity index (χ0v) is 18.6. The summed E-state index contributed by atoms with van der Waals surface area (Å²) in [5.41, 5.74) is 3.05. The van der Waals surface area contributed by atoms with Gasteiger partial charge in [-0.05, 0) is 0 Å². The standard InChI is InChI=1S/C16H32ClNO4P2/c1-14(2)18(23(7)19-10-15(3,4)11-20-23)24(9-8-17)21-12-16(5,6)13-22-24/h14,23-24H,10-13H2,1-7H3. The van der Waals surface area contributed by atoms with Gasteiger partial charge in [0.1, 0.15) is 0 Å². The Balaban J connectivity index is 2.35. The van der Waals surface area contributed by atoms with Crippen LogP contribution in [0.1, 0.15) is 41.5 Å². The summed E-state index contributed by atoms with van der Waals surface area (Å²) in [7, 11) is -5.70. The number of rotatable bonds is 3. The van der Waals surface area contributed by atoms with Gasteiger partial charge in [0.05, 0.1) is 0 Å². The first-order valence-electron chi connectivity index (χ1n) is 8.43.